The van der Waals surface area contributed by atoms with E-state index in [1.807, 2.05) is 0 Å². The molecule has 178 valence electrons. The highest BCUT2D eigenvalue weighted by molar-refractivity contribution is 6.32. The van der Waals surface area contributed by atoms with Gasteiger partial charge in [0.2, 0.25) is 0 Å². The van der Waals surface area contributed by atoms with Gasteiger partial charge in [0.25, 0.3) is 5.91 Å². The Bertz CT molecular complexity index is 1020. The van der Waals surface area contributed by atoms with Crippen molar-refractivity contribution in [3.8, 4) is 11.5 Å². The minimum Gasteiger partial charge on any atom is -0.507 e. The third-order valence-electron chi connectivity index (χ3n) is 7.30. The topological polar surface area (TPSA) is 90.0 Å². The van der Waals surface area contributed by atoms with Crippen LogP contribution >= 0.6 is 11.6 Å². The predicted octanol–water partition coefficient (Wildman–Crippen LogP) is 4.82. The molecule has 6 nitrogen and oxygen atoms in total. The molecular weight excluding hydrogens is 438 g/mol. The number of likely N-dealkylation sites (tertiary alicyclic amines) is 1. The fourth-order valence-electron chi connectivity index (χ4n) is 5.25. The Hall–Kier alpha value is -2.28. The molecule has 33 heavy (non-hydrogen) atoms. The zero-order valence-corrected chi connectivity index (χ0v) is 20.2. The molecule has 0 radical (unpaired) electrons. The molecule has 1 saturated carbocycles. The number of nitrogens with two attached hydrogens (primary N) is 1. The number of nitrogens with zero attached hydrogens (tertiary/aromatic N) is 2. The Balaban J connectivity index is 1.48. The first-order chi connectivity index (χ1) is 15.6. The van der Waals surface area contributed by atoms with Crippen LogP contribution in [0.5, 0.6) is 11.5 Å². The van der Waals surface area contributed by atoms with Crippen LogP contribution in [-0.4, -0.2) is 51.1 Å². The Morgan fingerprint density at radius 1 is 1.18 bits per heavy atom. The first kappa shape index (κ1) is 23.9. The minimum atomic E-state index is -0.272. The van der Waals surface area contributed by atoms with E-state index in [1.54, 1.807) is 4.90 Å². The molecule has 1 aliphatic carbocycles. The molecule has 2 aliphatic rings. The summed E-state index contributed by atoms with van der Waals surface area (Å²) in [5.74, 6) is -0.773. The van der Waals surface area contributed by atoms with Crippen molar-refractivity contribution in [2.45, 2.75) is 69.6 Å². The van der Waals surface area contributed by atoms with E-state index < -0.39 is 0 Å². The number of carbonyl (C=O) groups excluding carboxylic acids is 1. The summed E-state index contributed by atoms with van der Waals surface area (Å²) in [6.45, 7) is 3.62. The highest BCUT2D eigenvalue weighted by atomic mass is 35.5. The molecule has 1 heterocycles. The smallest absolute Gasteiger partial charge is 0.258 e. The van der Waals surface area contributed by atoms with Crippen LogP contribution < -0.4 is 5.73 Å². The van der Waals surface area contributed by atoms with Gasteiger partial charge in [0.1, 0.15) is 11.5 Å². The van der Waals surface area contributed by atoms with E-state index in [9.17, 15) is 15.0 Å². The summed E-state index contributed by atoms with van der Waals surface area (Å²) < 4.78 is 0. The van der Waals surface area contributed by atoms with Crippen LogP contribution in [0, 0.1) is 0 Å². The van der Waals surface area contributed by atoms with Gasteiger partial charge in [-0.05, 0) is 69.7 Å². The number of phenolic OH excluding ortho intramolecular Hbond substituents is 2. The normalized spacial score (nSPS) is 25.5. The average molecular weight is 472 g/mol. The first-order valence-corrected chi connectivity index (χ1v) is 12.1. The summed E-state index contributed by atoms with van der Waals surface area (Å²) in [6.07, 6.45) is 6.10. The molecule has 2 aromatic carbocycles. The second kappa shape index (κ2) is 9.53. The van der Waals surface area contributed by atoms with E-state index in [2.05, 4.69) is 43.1 Å². The van der Waals surface area contributed by atoms with Crippen molar-refractivity contribution in [3.05, 3.63) is 58.1 Å². The summed E-state index contributed by atoms with van der Waals surface area (Å²) >= 11 is 6.00. The number of carbonyl (C=O) groups is 1. The molecule has 4 N–H and O–H groups in total. The summed E-state index contributed by atoms with van der Waals surface area (Å²) in [6, 6.07) is 11.4. The summed E-state index contributed by atoms with van der Waals surface area (Å²) in [4.78, 5) is 17.5. The van der Waals surface area contributed by atoms with Gasteiger partial charge in [-0.15, -0.1) is 0 Å². The first-order valence-electron chi connectivity index (χ1n) is 11.7. The number of rotatable bonds is 5. The van der Waals surface area contributed by atoms with E-state index in [0.29, 0.717) is 12.6 Å². The molecule has 0 bridgehead atoms. The third-order valence-corrected chi connectivity index (χ3v) is 7.60. The lowest BCUT2D eigenvalue weighted by Crippen LogP contribution is -2.45. The average Bonchev–Trinajstić information content (AvgIpc) is 3.26. The van der Waals surface area contributed by atoms with Crippen molar-refractivity contribution in [1.82, 2.24) is 9.80 Å². The van der Waals surface area contributed by atoms with Crippen LogP contribution in [0.3, 0.4) is 0 Å². The van der Waals surface area contributed by atoms with Gasteiger partial charge in [-0.1, -0.05) is 35.9 Å². The van der Waals surface area contributed by atoms with Gasteiger partial charge < -0.3 is 20.8 Å². The zero-order valence-electron chi connectivity index (χ0n) is 19.4. The Morgan fingerprint density at radius 2 is 1.91 bits per heavy atom. The van der Waals surface area contributed by atoms with E-state index in [-0.39, 0.29) is 39.6 Å². The number of phenols is 2. The van der Waals surface area contributed by atoms with E-state index >= 15 is 0 Å². The number of benzene rings is 2. The molecule has 1 aliphatic heterocycles. The van der Waals surface area contributed by atoms with Gasteiger partial charge >= 0.3 is 0 Å². The molecule has 2 aromatic rings. The summed E-state index contributed by atoms with van der Waals surface area (Å²) in [5, 5.41) is 20.0. The SMILES string of the molecule is CN(Cc1cccc(C2CCCN2C(=O)c2cc(Cl)c(O)cc2O)c1)C1CCC(C)(N)CC1. The Morgan fingerprint density at radius 3 is 2.64 bits per heavy atom. The maximum absolute atomic E-state index is 13.2. The van der Waals surface area contributed by atoms with Crippen molar-refractivity contribution >= 4 is 17.5 Å². The summed E-state index contributed by atoms with van der Waals surface area (Å²) in [5.41, 5.74) is 8.71. The van der Waals surface area contributed by atoms with Crippen LogP contribution in [0.1, 0.15) is 73.0 Å². The van der Waals surface area contributed by atoms with Gasteiger partial charge in [-0.25, -0.2) is 0 Å². The number of hydrogen-bond donors (Lipinski definition) is 3. The van der Waals surface area contributed by atoms with Gasteiger partial charge in [0.15, 0.2) is 0 Å². The lowest BCUT2D eigenvalue weighted by atomic mass is 9.81. The Labute approximate surface area is 200 Å². The van der Waals surface area contributed by atoms with Gasteiger partial charge in [-0.2, -0.15) is 0 Å². The van der Waals surface area contributed by atoms with Crippen LogP contribution in [0.2, 0.25) is 5.02 Å². The number of hydrogen-bond acceptors (Lipinski definition) is 5. The molecule has 4 rings (SSSR count). The highest BCUT2D eigenvalue weighted by Crippen LogP contribution is 2.37. The minimum absolute atomic E-state index is 0.0358. The largest absolute Gasteiger partial charge is 0.507 e. The van der Waals surface area contributed by atoms with Crippen molar-refractivity contribution in [3.63, 3.8) is 0 Å². The molecule has 1 saturated heterocycles. The summed E-state index contributed by atoms with van der Waals surface area (Å²) in [7, 11) is 2.18. The molecule has 1 atom stereocenters. The van der Waals surface area contributed by atoms with Crippen molar-refractivity contribution in [2.24, 2.45) is 5.73 Å². The molecule has 1 amide bonds. The van der Waals surface area contributed by atoms with Gasteiger partial charge in [0, 0.05) is 30.7 Å². The second-order valence-electron chi connectivity index (χ2n) is 10.0. The highest BCUT2D eigenvalue weighted by Gasteiger charge is 2.33. The fourth-order valence-corrected chi connectivity index (χ4v) is 5.42. The quantitative estimate of drug-likeness (QED) is 0.581. The number of amides is 1. The lowest BCUT2D eigenvalue weighted by Gasteiger charge is -2.38. The lowest BCUT2D eigenvalue weighted by molar-refractivity contribution is 0.0732. The molecular formula is C26H34ClN3O3. The van der Waals surface area contributed by atoms with E-state index in [4.69, 9.17) is 17.3 Å². The van der Waals surface area contributed by atoms with Crippen molar-refractivity contribution < 1.29 is 15.0 Å². The third kappa shape index (κ3) is 5.29. The predicted molar refractivity (Wildman–Crippen MR) is 131 cm³/mol. The van der Waals surface area contributed by atoms with Crippen molar-refractivity contribution in [2.75, 3.05) is 13.6 Å². The molecule has 0 spiro atoms. The van der Waals surface area contributed by atoms with Crippen LogP contribution in [-0.2, 0) is 6.54 Å². The fraction of sp³-hybridized carbons (Fsp3) is 0.500. The molecule has 0 aromatic heterocycles. The molecule has 1 unspecified atom stereocenters. The van der Waals surface area contributed by atoms with Gasteiger partial charge in [0.05, 0.1) is 16.6 Å². The number of aromatic hydroxyl groups is 2. The maximum atomic E-state index is 13.2. The zero-order chi connectivity index (χ0) is 23.8. The van der Waals surface area contributed by atoms with Gasteiger partial charge in [-0.3, -0.25) is 9.69 Å². The molecule has 7 heteroatoms. The Kier molecular flexibility index (Phi) is 6.89. The van der Waals surface area contributed by atoms with E-state index in [0.717, 1.165) is 56.7 Å². The maximum Gasteiger partial charge on any atom is 0.258 e. The monoisotopic (exact) mass is 471 g/mol. The number of halogens is 1. The molecule has 2 fully saturated rings. The van der Waals surface area contributed by atoms with Crippen LogP contribution in [0.25, 0.3) is 0 Å². The standard InChI is InChI=1S/C26H34ClN3O3/c1-26(28)10-8-19(9-11-26)29(2)16-17-5-3-6-18(13-17)22-7-4-12-30(22)25(33)20-14-21(27)24(32)15-23(20)31/h3,5-6,13-15,19,22,31-32H,4,7-12,16,28H2,1-2H3. The van der Waals surface area contributed by atoms with Crippen molar-refractivity contribution in [1.29, 1.82) is 0 Å². The van der Waals surface area contributed by atoms with E-state index in [1.165, 1.54) is 11.6 Å². The van der Waals surface area contributed by atoms with Crippen LogP contribution in [0.4, 0.5) is 0 Å². The second-order valence-corrected chi connectivity index (χ2v) is 10.4. The van der Waals surface area contributed by atoms with Crippen LogP contribution in [0.15, 0.2) is 36.4 Å².